The number of hydrazone groups is 1. The third-order valence-corrected chi connectivity index (χ3v) is 4.79. The van der Waals surface area contributed by atoms with Crippen molar-refractivity contribution < 1.29 is 4.90 Å². The lowest BCUT2D eigenvalue weighted by Gasteiger charge is -2.30. The zero-order valence-electron chi connectivity index (χ0n) is 13.5. The highest BCUT2D eigenvalue weighted by molar-refractivity contribution is 9.10. The first-order chi connectivity index (χ1) is 11.2. The van der Waals surface area contributed by atoms with E-state index in [-0.39, 0.29) is 0 Å². The van der Waals surface area contributed by atoms with Gasteiger partial charge in [0.25, 0.3) is 0 Å². The molecule has 1 N–H and O–H groups in total. The smallest absolute Gasteiger partial charge is 0.103 e. The molecule has 0 saturated carbocycles. The first kappa shape index (κ1) is 16.2. The maximum absolute atomic E-state index is 4.62. The number of benzene rings is 2. The van der Waals surface area contributed by atoms with Crippen molar-refractivity contribution in [2.24, 2.45) is 5.10 Å². The van der Waals surface area contributed by atoms with Crippen LogP contribution in [0.2, 0.25) is 0 Å². The lowest BCUT2D eigenvalue weighted by molar-refractivity contribution is -0.918. The highest BCUT2D eigenvalue weighted by Crippen LogP contribution is 2.09. The van der Waals surface area contributed by atoms with Gasteiger partial charge in [0.2, 0.25) is 0 Å². The van der Waals surface area contributed by atoms with Crippen LogP contribution in [0.15, 0.2) is 58.1 Å². The predicted molar refractivity (Wildman–Crippen MR) is 98.9 cm³/mol. The average molecular weight is 373 g/mol. The van der Waals surface area contributed by atoms with E-state index in [1.54, 1.807) is 4.90 Å². The van der Waals surface area contributed by atoms with Crippen molar-refractivity contribution in [1.82, 2.24) is 5.01 Å². The third kappa shape index (κ3) is 4.91. The van der Waals surface area contributed by atoms with Gasteiger partial charge in [0.1, 0.15) is 6.54 Å². The standard InChI is InChI=1S/C19H22BrN3/c1-16-2-4-18(5-3-16)15-22-10-12-23(13-11-22)21-14-17-6-8-19(20)9-7-17/h2-9,14H,10-13,15H2,1H3/p+1. The van der Waals surface area contributed by atoms with Crippen molar-refractivity contribution in [3.63, 3.8) is 0 Å². The summed E-state index contributed by atoms with van der Waals surface area (Å²) in [5.74, 6) is 0. The Kier molecular flexibility index (Phi) is 5.47. The van der Waals surface area contributed by atoms with Gasteiger partial charge in [0.15, 0.2) is 0 Å². The molecule has 120 valence electrons. The Balaban J connectivity index is 1.48. The second-order valence-electron chi connectivity index (χ2n) is 6.16. The maximum atomic E-state index is 4.62. The zero-order chi connectivity index (χ0) is 16.1. The van der Waals surface area contributed by atoms with E-state index in [9.17, 15) is 0 Å². The molecule has 2 aromatic carbocycles. The van der Waals surface area contributed by atoms with Crippen molar-refractivity contribution in [1.29, 1.82) is 0 Å². The number of piperazine rings is 1. The molecule has 1 fully saturated rings. The summed E-state index contributed by atoms with van der Waals surface area (Å²) in [4.78, 5) is 1.64. The van der Waals surface area contributed by atoms with Crippen molar-refractivity contribution in [3.05, 3.63) is 69.7 Å². The van der Waals surface area contributed by atoms with E-state index in [0.29, 0.717) is 0 Å². The van der Waals surface area contributed by atoms with Crippen LogP contribution in [0.5, 0.6) is 0 Å². The van der Waals surface area contributed by atoms with E-state index < -0.39 is 0 Å². The molecule has 4 heteroatoms. The molecule has 23 heavy (non-hydrogen) atoms. The van der Waals surface area contributed by atoms with Gasteiger partial charge in [-0.3, -0.25) is 5.01 Å². The first-order valence-corrected chi connectivity index (χ1v) is 8.92. The summed E-state index contributed by atoms with van der Waals surface area (Å²) in [7, 11) is 0. The fraction of sp³-hybridized carbons (Fsp3) is 0.316. The van der Waals surface area contributed by atoms with Crippen LogP contribution in [0.4, 0.5) is 0 Å². The summed E-state index contributed by atoms with van der Waals surface area (Å²) < 4.78 is 1.10. The second kappa shape index (κ2) is 7.75. The topological polar surface area (TPSA) is 20.0 Å². The molecule has 3 rings (SSSR count). The molecule has 3 nitrogen and oxygen atoms in total. The molecule has 1 aliphatic rings. The fourth-order valence-electron chi connectivity index (χ4n) is 2.80. The monoisotopic (exact) mass is 372 g/mol. The van der Waals surface area contributed by atoms with Crippen molar-refractivity contribution >= 4 is 22.1 Å². The number of halogens is 1. The molecular weight excluding hydrogens is 350 g/mol. The van der Waals surface area contributed by atoms with Crippen LogP contribution in [0, 0.1) is 6.92 Å². The van der Waals surface area contributed by atoms with Gasteiger partial charge in [-0.25, -0.2) is 0 Å². The van der Waals surface area contributed by atoms with E-state index in [2.05, 4.69) is 69.4 Å². The van der Waals surface area contributed by atoms with E-state index >= 15 is 0 Å². The summed E-state index contributed by atoms with van der Waals surface area (Å²) in [5, 5.41) is 6.80. The number of quaternary nitrogens is 1. The summed E-state index contributed by atoms with van der Waals surface area (Å²) in [6, 6.07) is 17.1. The van der Waals surface area contributed by atoms with Gasteiger partial charge in [-0.15, -0.1) is 0 Å². The Morgan fingerprint density at radius 2 is 1.70 bits per heavy atom. The molecule has 1 saturated heterocycles. The van der Waals surface area contributed by atoms with Gasteiger partial charge < -0.3 is 4.90 Å². The van der Waals surface area contributed by atoms with Crippen LogP contribution in [-0.4, -0.2) is 37.4 Å². The maximum Gasteiger partial charge on any atom is 0.103 e. The Morgan fingerprint density at radius 1 is 1.04 bits per heavy atom. The van der Waals surface area contributed by atoms with Crippen LogP contribution in [-0.2, 0) is 6.54 Å². The Labute approximate surface area is 146 Å². The summed E-state index contributed by atoms with van der Waals surface area (Å²) >= 11 is 3.45. The molecule has 0 aliphatic carbocycles. The Hall–Kier alpha value is -1.65. The summed E-state index contributed by atoms with van der Waals surface area (Å²) in [6.45, 7) is 7.59. The van der Waals surface area contributed by atoms with Gasteiger partial charge in [-0.1, -0.05) is 57.9 Å². The quantitative estimate of drug-likeness (QED) is 0.817. The molecule has 1 aliphatic heterocycles. The highest BCUT2D eigenvalue weighted by atomic mass is 79.9. The Bertz CT molecular complexity index is 641. The minimum absolute atomic E-state index is 1.02. The van der Waals surface area contributed by atoms with Gasteiger partial charge in [-0.2, -0.15) is 5.10 Å². The molecule has 0 atom stereocenters. The molecule has 0 bridgehead atoms. The van der Waals surface area contributed by atoms with Crippen molar-refractivity contribution in [3.8, 4) is 0 Å². The van der Waals surface area contributed by atoms with Crippen LogP contribution in [0.25, 0.3) is 0 Å². The van der Waals surface area contributed by atoms with Crippen LogP contribution in [0.1, 0.15) is 16.7 Å². The predicted octanol–water partition coefficient (Wildman–Crippen LogP) is 2.49. The molecule has 0 unspecified atom stereocenters. The number of aryl methyl sites for hydroxylation is 1. The normalized spacial score (nSPS) is 16.2. The second-order valence-corrected chi connectivity index (χ2v) is 7.08. The number of hydrogen-bond donors (Lipinski definition) is 1. The average Bonchev–Trinajstić information content (AvgIpc) is 2.58. The summed E-state index contributed by atoms with van der Waals surface area (Å²) in [5.41, 5.74) is 3.90. The molecule has 1 heterocycles. The van der Waals surface area contributed by atoms with E-state index in [4.69, 9.17) is 0 Å². The van der Waals surface area contributed by atoms with Crippen LogP contribution in [0.3, 0.4) is 0 Å². The molecule has 0 aromatic heterocycles. The van der Waals surface area contributed by atoms with E-state index in [1.807, 2.05) is 18.3 Å². The largest absolute Gasteiger partial charge is 0.328 e. The number of hydrogen-bond acceptors (Lipinski definition) is 2. The number of nitrogens with one attached hydrogen (secondary N) is 1. The van der Waals surface area contributed by atoms with Gasteiger partial charge >= 0.3 is 0 Å². The van der Waals surface area contributed by atoms with Crippen LogP contribution < -0.4 is 4.90 Å². The number of rotatable bonds is 4. The first-order valence-electron chi connectivity index (χ1n) is 8.13. The molecule has 0 spiro atoms. The minimum atomic E-state index is 1.02. The lowest BCUT2D eigenvalue weighted by Crippen LogP contribution is -3.13. The highest BCUT2D eigenvalue weighted by Gasteiger charge is 2.18. The zero-order valence-corrected chi connectivity index (χ0v) is 15.1. The lowest BCUT2D eigenvalue weighted by atomic mass is 10.1. The minimum Gasteiger partial charge on any atom is -0.328 e. The van der Waals surface area contributed by atoms with Gasteiger partial charge in [0.05, 0.1) is 32.4 Å². The van der Waals surface area contributed by atoms with Gasteiger partial charge in [0, 0.05) is 10.0 Å². The molecule has 0 radical (unpaired) electrons. The molecule has 0 amide bonds. The Morgan fingerprint density at radius 3 is 2.35 bits per heavy atom. The fourth-order valence-corrected chi connectivity index (χ4v) is 3.06. The summed E-state index contributed by atoms with van der Waals surface area (Å²) in [6.07, 6.45) is 1.96. The van der Waals surface area contributed by atoms with E-state index in [1.165, 1.54) is 11.1 Å². The van der Waals surface area contributed by atoms with E-state index in [0.717, 1.165) is 42.8 Å². The number of nitrogens with zero attached hydrogens (tertiary/aromatic N) is 2. The van der Waals surface area contributed by atoms with Crippen LogP contribution >= 0.6 is 15.9 Å². The molecular formula is C19H23BrN3+. The third-order valence-electron chi connectivity index (χ3n) is 4.26. The SMILES string of the molecule is Cc1ccc(C[NH+]2CCN(N=Cc3ccc(Br)cc3)CC2)cc1. The molecule has 2 aromatic rings. The van der Waals surface area contributed by atoms with Gasteiger partial charge in [-0.05, 0) is 24.6 Å². The van der Waals surface area contributed by atoms with Crippen molar-refractivity contribution in [2.75, 3.05) is 26.2 Å². The van der Waals surface area contributed by atoms with Crippen molar-refractivity contribution in [2.45, 2.75) is 13.5 Å².